The van der Waals surface area contributed by atoms with Crippen LogP contribution in [0.25, 0.3) is 6.08 Å². The standard InChI is InChI=1S/C30H44N2O4/c1-29(2,3)36-28(34)31(4)18-9-6-11-23-12-10-13-25(21-23)30(16-7-5-8-17-30)27(33)35-26-22-32-19-14-24(26)15-20-32/h6,10-13,21,24,26H,5,7-9,14-20,22H2,1-4H3/t26-/m0/s1. The van der Waals surface area contributed by atoms with E-state index in [2.05, 4.69) is 41.3 Å². The Hall–Kier alpha value is -2.34. The van der Waals surface area contributed by atoms with Gasteiger partial charge in [0.1, 0.15) is 11.7 Å². The van der Waals surface area contributed by atoms with E-state index >= 15 is 0 Å². The summed E-state index contributed by atoms with van der Waals surface area (Å²) in [6, 6.07) is 8.40. The summed E-state index contributed by atoms with van der Waals surface area (Å²) in [6.07, 6.45) is 12.0. The first kappa shape index (κ1) is 26.7. The molecule has 1 saturated carbocycles. The molecule has 3 aliphatic heterocycles. The Morgan fingerprint density at radius 1 is 1.14 bits per heavy atom. The minimum absolute atomic E-state index is 0.0129. The molecule has 0 N–H and O–H groups in total. The zero-order valence-electron chi connectivity index (χ0n) is 22.6. The fourth-order valence-corrected chi connectivity index (χ4v) is 5.92. The maximum Gasteiger partial charge on any atom is 0.410 e. The summed E-state index contributed by atoms with van der Waals surface area (Å²) in [6.45, 7) is 9.39. The van der Waals surface area contributed by atoms with Gasteiger partial charge in [-0.15, -0.1) is 0 Å². The van der Waals surface area contributed by atoms with Gasteiger partial charge < -0.3 is 14.4 Å². The van der Waals surface area contributed by atoms with E-state index in [0.717, 1.165) is 75.7 Å². The number of benzene rings is 1. The zero-order valence-corrected chi connectivity index (χ0v) is 22.6. The number of carbonyl (C=O) groups is 2. The Morgan fingerprint density at radius 3 is 2.50 bits per heavy atom. The minimum Gasteiger partial charge on any atom is -0.460 e. The summed E-state index contributed by atoms with van der Waals surface area (Å²) in [5, 5.41) is 0. The third-order valence-electron chi connectivity index (χ3n) is 8.04. The molecule has 1 atom stereocenters. The van der Waals surface area contributed by atoms with Crippen molar-refractivity contribution in [2.75, 3.05) is 33.2 Å². The Kier molecular flexibility index (Phi) is 8.44. The lowest BCUT2D eigenvalue weighted by molar-refractivity contribution is -0.167. The van der Waals surface area contributed by atoms with Gasteiger partial charge in [0.15, 0.2) is 0 Å². The van der Waals surface area contributed by atoms with E-state index in [1.807, 2.05) is 20.8 Å². The molecule has 4 aliphatic rings. The van der Waals surface area contributed by atoms with Crippen molar-refractivity contribution in [3.8, 4) is 0 Å². The average molecular weight is 497 g/mol. The molecule has 3 heterocycles. The highest BCUT2D eigenvalue weighted by molar-refractivity contribution is 5.84. The van der Waals surface area contributed by atoms with Crippen molar-refractivity contribution in [2.45, 2.75) is 89.3 Å². The number of nitrogens with zero attached hydrogens (tertiary/aromatic N) is 2. The number of amides is 1. The molecule has 1 aliphatic carbocycles. The van der Waals surface area contributed by atoms with Crippen LogP contribution in [0.5, 0.6) is 0 Å². The van der Waals surface area contributed by atoms with Gasteiger partial charge in [0.2, 0.25) is 0 Å². The fourth-order valence-electron chi connectivity index (χ4n) is 5.92. The second kappa shape index (κ2) is 11.4. The van der Waals surface area contributed by atoms with Crippen LogP contribution < -0.4 is 0 Å². The predicted octanol–water partition coefficient (Wildman–Crippen LogP) is 5.80. The van der Waals surface area contributed by atoms with Crippen molar-refractivity contribution in [1.29, 1.82) is 0 Å². The lowest BCUT2D eigenvalue weighted by Crippen LogP contribution is -2.53. The summed E-state index contributed by atoms with van der Waals surface area (Å²) in [5.41, 5.74) is 1.13. The molecule has 0 spiro atoms. The summed E-state index contributed by atoms with van der Waals surface area (Å²) in [4.78, 5) is 30.0. The molecular formula is C30H44N2O4. The maximum absolute atomic E-state index is 13.8. The largest absolute Gasteiger partial charge is 0.460 e. The monoisotopic (exact) mass is 496 g/mol. The van der Waals surface area contributed by atoms with Crippen LogP contribution in [0, 0.1) is 5.92 Å². The molecule has 3 saturated heterocycles. The predicted molar refractivity (Wildman–Crippen MR) is 143 cm³/mol. The first-order valence-electron chi connectivity index (χ1n) is 13.8. The van der Waals surface area contributed by atoms with Crippen LogP contribution in [0.3, 0.4) is 0 Å². The molecule has 198 valence electrons. The van der Waals surface area contributed by atoms with E-state index in [1.165, 1.54) is 6.42 Å². The first-order valence-corrected chi connectivity index (χ1v) is 13.8. The molecule has 4 fully saturated rings. The van der Waals surface area contributed by atoms with Crippen LogP contribution in [-0.2, 0) is 19.7 Å². The quantitative estimate of drug-likeness (QED) is 0.447. The molecule has 5 rings (SSSR count). The molecule has 6 heteroatoms. The fraction of sp³-hybridized carbons (Fsp3) is 0.667. The van der Waals surface area contributed by atoms with Gasteiger partial charge in [-0.1, -0.05) is 55.7 Å². The second-order valence-electron chi connectivity index (χ2n) is 11.9. The molecule has 1 amide bonds. The van der Waals surface area contributed by atoms with E-state index in [9.17, 15) is 9.59 Å². The lowest BCUT2D eigenvalue weighted by atomic mass is 9.69. The molecule has 0 aromatic heterocycles. The van der Waals surface area contributed by atoms with Gasteiger partial charge in [-0.25, -0.2) is 4.79 Å². The minimum atomic E-state index is -0.537. The van der Waals surface area contributed by atoms with Crippen LogP contribution in [0.15, 0.2) is 30.3 Å². The van der Waals surface area contributed by atoms with Crippen molar-refractivity contribution in [1.82, 2.24) is 9.80 Å². The van der Waals surface area contributed by atoms with E-state index in [0.29, 0.717) is 12.5 Å². The molecule has 6 nitrogen and oxygen atoms in total. The number of carbonyl (C=O) groups excluding carboxylic acids is 2. The Bertz CT molecular complexity index is 937. The highest BCUT2D eigenvalue weighted by Crippen LogP contribution is 2.42. The van der Waals surface area contributed by atoms with E-state index < -0.39 is 11.0 Å². The maximum atomic E-state index is 13.8. The molecule has 0 unspecified atom stereocenters. The molecule has 1 aromatic carbocycles. The smallest absolute Gasteiger partial charge is 0.410 e. The van der Waals surface area contributed by atoms with Crippen molar-refractivity contribution in [3.63, 3.8) is 0 Å². The average Bonchev–Trinajstić information content (AvgIpc) is 2.87. The van der Waals surface area contributed by atoms with Gasteiger partial charge in [0.05, 0.1) is 5.41 Å². The van der Waals surface area contributed by atoms with Crippen LogP contribution >= 0.6 is 0 Å². The number of esters is 1. The highest BCUT2D eigenvalue weighted by atomic mass is 16.6. The SMILES string of the molecule is CN(CCC=Cc1cccc(C2(C(=O)O[C@H]3CN4CCC3CC4)CCCCC2)c1)C(=O)OC(C)(C)C. The van der Waals surface area contributed by atoms with Crippen LogP contribution in [0.4, 0.5) is 4.79 Å². The van der Waals surface area contributed by atoms with Crippen LogP contribution in [-0.4, -0.2) is 66.8 Å². The summed E-state index contributed by atoms with van der Waals surface area (Å²) in [7, 11) is 1.76. The first-order chi connectivity index (χ1) is 17.2. The third kappa shape index (κ3) is 6.50. The van der Waals surface area contributed by atoms with Crippen molar-refractivity contribution in [2.24, 2.45) is 5.92 Å². The molecule has 1 aromatic rings. The number of piperidine rings is 3. The van der Waals surface area contributed by atoms with E-state index in [-0.39, 0.29) is 18.2 Å². The topological polar surface area (TPSA) is 59.1 Å². The van der Waals surface area contributed by atoms with E-state index in [4.69, 9.17) is 9.47 Å². The number of hydrogen-bond acceptors (Lipinski definition) is 5. The Balaban J connectivity index is 1.41. The second-order valence-corrected chi connectivity index (χ2v) is 11.9. The highest BCUT2D eigenvalue weighted by Gasteiger charge is 2.45. The summed E-state index contributed by atoms with van der Waals surface area (Å²) in [5.74, 6) is 0.508. The van der Waals surface area contributed by atoms with Crippen molar-refractivity contribution in [3.05, 3.63) is 41.5 Å². The number of hydrogen-bond donors (Lipinski definition) is 0. The molecule has 36 heavy (non-hydrogen) atoms. The number of fused-ring (bicyclic) bond motifs is 3. The van der Waals surface area contributed by atoms with Gasteiger partial charge in [-0.3, -0.25) is 9.69 Å². The number of rotatable bonds is 7. The van der Waals surface area contributed by atoms with Crippen molar-refractivity contribution >= 4 is 18.1 Å². The zero-order chi connectivity index (χ0) is 25.8. The summed E-state index contributed by atoms with van der Waals surface area (Å²) >= 11 is 0. The third-order valence-corrected chi connectivity index (χ3v) is 8.04. The van der Waals surface area contributed by atoms with Crippen LogP contribution in [0.1, 0.15) is 83.3 Å². The lowest BCUT2D eigenvalue weighted by Gasteiger charge is -2.45. The normalized spacial score (nSPS) is 25.5. The van der Waals surface area contributed by atoms with Crippen molar-refractivity contribution < 1.29 is 19.1 Å². The Morgan fingerprint density at radius 2 is 1.86 bits per heavy atom. The molecule has 2 bridgehead atoms. The Labute approximate surface area is 217 Å². The summed E-state index contributed by atoms with van der Waals surface area (Å²) < 4.78 is 11.7. The van der Waals surface area contributed by atoms with Gasteiger partial charge in [0.25, 0.3) is 0 Å². The molecular weight excluding hydrogens is 452 g/mol. The van der Waals surface area contributed by atoms with E-state index in [1.54, 1.807) is 11.9 Å². The van der Waals surface area contributed by atoms with Gasteiger partial charge >= 0.3 is 12.1 Å². The van der Waals surface area contributed by atoms with Crippen LogP contribution in [0.2, 0.25) is 0 Å². The van der Waals surface area contributed by atoms with Gasteiger partial charge in [-0.2, -0.15) is 0 Å². The molecule has 0 radical (unpaired) electrons. The number of ether oxygens (including phenoxy) is 2. The van der Waals surface area contributed by atoms with Gasteiger partial charge in [-0.05, 0) is 83.0 Å². The van der Waals surface area contributed by atoms with Gasteiger partial charge in [0, 0.05) is 20.1 Å².